The highest BCUT2D eigenvalue weighted by Crippen LogP contribution is 2.31. The predicted octanol–water partition coefficient (Wildman–Crippen LogP) is 2.86. The van der Waals surface area contributed by atoms with Gasteiger partial charge in [0, 0.05) is 0 Å². The molecular formula is C15H11O2. The van der Waals surface area contributed by atoms with Crippen LogP contribution in [0.5, 0.6) is 0 Å². The van der Waals surface area contributed by atoms with Gasteiger partial charge in [-0.15, -0.1) is 0 Å². The summed E-state index contributed by atoms with van der Waals surface area (Å²) in [6.45, 7) is 1.79. The highest BCUT2D eigenvalue weighted by molar-refractivity contribution is 5.89. The van der Waals surface area contributed by atoms with Gasteiger partial charge >= 0.3 is 6.47 Å². The number of benzene rings is 2. The molecule has 0 fully saturated rings. The van der Waals surface area contributed by atoms with Gasteiger partial charge in [0.1, 0.15) is 6.61 Å². The summed E-state index contributed by atoms with van der Waals surface area (Å²) >= 11 is 0. The first-order valence-electron chi connectivity index (χ1n) is 5.58. The van der Waals surface area contributed by atoms with Crippen molar-refractivity contribution < 1.29 is 9.53 Å². The molecule has 2 aromatic rings. The van der Waals surface area contributed by atoms with Gasteiger partial charge in [-0.05, 0) is 40.0 Å². The van der Waals surface area contributed by atoms with Gasteiger partial charge in [0.25, 0.3) is 0 Å². The number of carbonyl (C=O) groups excluding carboxylic acids is 1. The number of fused-ring (bicyclic) bond motifs is 2. The van der Waals surface area contributed by atoms with Gasteiger partial charge in [-0.2, -0.15) is 0 Å². The van der Waals surface area contributed by atoms with Crippen LogP contribution in [0.3, 0.4) is 0 Å². The summed E-state index contributed by atoms with van der Waals surface area (Å²) in [7, 11) is 0. The van der Waals surface area contributed by atoms with Crippen molar-refractivity contribution in [2.24, 2.45) is 0 Å². The molecule has 2 aromatic carbocycles. The Kier molecular flexibility index (Phi) is 2.41. The van der Waals surface area contributed by atoms with E-state index < -0.39 is 0 Å². The van der Waals surface area contributed by atoms with Crippen LogP contribution < -0.4 is 0 Å². The molecular weight excluding hydrogens is 212 g/mol. The van der Waals surface area contributed by atoms with Crippen LogP contribution in [0.25, 0.3) is 16.3 Å². The first kappa shape index (κ1) is 10.1. The summed E-state index contributed by atoms with van der Waals surface area (Å²) in [5.41, 5.74) is 3.57. The molecule has 0 atom stereocenters. The minimum atomic E-state index is 0.314. The van der Waals surface area contributed by atoms with Crippen LogP contribution in [0.1, 0.15) is 11.1 Å². The lowest BCUT2D eigenvalue weighted by molar-refractivity contribution is 0.319. The van der Waals surface area contributed by atoms with Crippen LogP contribution in [-0.2, 0) is 16.0 Å². The number of rotatable bonds is 3. The zero-order valence-electron chi connectivity index (χ0n) is 9.27. The fourth-order valence-corrected chi connectivity index (χ4v) is 2.34. The van der Waals surface area contributed by atoms with Gasteiger partial charge in [-0.1, -0.05) is 36.4 Å². The normalized spacial score (nSPS) is 13.3. The van der Waals surface area contributed by atoms with E-state index in [2.05, 4.69) is 30.3 Å². The van der Waals surface area contributed by atoms with Gasteiger partial charge in [-0.3, -0.25) is 0 Å². The summed E-state index contributed by atoms with van der Waals surface area (Å²) in [5, 5.41) is 2.47. The van der Waals surface area contributed by atoms with Crippen LogP contribution in [0, 0.1) is 0 Å². The van der Waals surface area contributed by atoms with Crippen molar-refractivity contribution in [3.63, 3.8) is 0 Å². The molecule has 83 valence electrons. The molecule has 0 aromatic heterocycles. The SMILES string of the molecule is O=[C]OCC1=CCc2cc3ccccc3cc21. The summed E-state index contributed by atoms with van der Waals surface area (Å²) < 4.78 is 4.71. The zero-order chi connectivity index (χ0) is 11.7. The molecule has 17 heavy (non-hydrogen) atoms. The maximum Gasteiger partial charge on any atom is 0.417 e. The number of hydrogen-bond acceptors (Lipinski definition) is 2. The Labute approximate surface area is 99.5 Å². The smallest absolute Gasteiger partial charge is 0.417 e. The first-order valence-corrected chi connectivity index (χ1v) is 5.58. The largest absolute Gasteiger partial charge is 0.452 e. The highest BCUT2D eigenvalue weighted by atomic mass is 16.5. The Morgan fingerprint density at radius 1 is 1.18 bits per heavy atom. The molecule has 1 aliphatic rings. The van der Waals surface area contributed by atoms with Crippen LogP contribution in [0.4, 0.5) is 0 Å². The summed E-state index contributed by atoms with van der Waals surface area (Å²) in [6.07, 6.45) is 3.03. The second-order valence-electron chi connectivity index (χ2n) is 4.16. The first-order chi connectivity index (χ1) is 8.38. The van der Waals surface area contributed by atoms with Gasteiger partial charge in [0.15, 0.2) is 0 Å². The maximum atomic E-state index is 10.1. The van der Waals surface area contributed by atoms with Crippen molar-refractivity contribution in [1.82, 2.24) is 0 Å². The molecule has 0 saturated carbocycles. The molecule has 0 N–H and O–H groups in total. The van der Waals surface area contributed by atoms with Crippen LogP contribution >= 0.6 is 0 Å². The molecule has 0 aliphatic heterocycles. The standard InChI is InChI=1S/C15H11O2/c16-10-17-9-14-6-5-13-7-11-3-1-2-4-12(11)8-15(13)14/h1-4,6-8H,5,9H2. The second-order valence-corrected chi connectivity index (χ2v) is 4.16. The minimum Gasteiger partial charge on any atom is -0.452 e. The Balaban J connectivity index is 2.06. The van der Waals surface area contributed by atoms with E-state index in [0.29, 0.717) is 6.61 Å². The number of ether oxygens (including phenoxy) is 1. The van der Waals surface area contributed by atoms with Crippen molar-refractivity contribution in [1.29, 1.82) is 0 Å². The highest BCUT2D eigenvalue weighted by Gasteiger charge is 2.15. The maximum absolute atomic E-state index is 10.1. The topological polar surface area (TPSA) is 26.3 Å². The second kappa shape index (κ2) is 4.06. The van der Waals surface area contributed by atoms with Crippen molar-refractivity contribution in [3.05, 3.63) is 53.6 Å². The summed E-state index contributed by atoms with van der Waals surface area (Å²) in [5.74, 6) is 0. The van der Waals surface area contributed by atoms with E-state index in [0.717, 1.165) is 12.0 Å². The lowest BCUT2D eigenvalue weighted by Crippen LogP contribution is -1.94. The minimum absolute atomic E-state index is 0.314. The van der Waals surface area contributed by atoms with Crippen LogP contribution in [0.15, 0.2) is 42.5 Å². The summed E-state index contributed by atoms with van der Waals surface area (Å²) in [4.78, 5) is 10.1. The van der Waals surface area contributed by atoms with Crippen molar-refractivity contribution in [3.8, 4) is 0 Å². The van der Waals surface area contributed by atoms with Gasteiger partial charge in [-0.25, -0.2) is 4.79 Å². The average Bonchev–Trinajstić information content (AvgIpc) is 2.76. The number of hydrogen-bond donors (Lipinski definition) is 0. The summed E-state index contributed by atoms with van der Waals surface area (Å²) in [6, 6.07) is 12.7. The predicted molar refractivity (Wildman–Crippen MR) is 67.3 cm³/mol. The molecule has 2 heteroatoms. The van der Waals surface area contributed by atoms with Gasteiger partial charge < -0.3 is 4.74 Å². The van der Waals surface area contributed by atoms with Gasteiger partial charge in [0.2, 0.25) is 0 Å². The fraction of sp³-hybridized carbons (Fsp3) is 0.133. The van der Waals surface area contributed by atoms with E-state index in [9.17, 15) is 4.79 Å². The van der Waals surface area contributed by atoms with E-state index >= 15 is 0 Å². The molecule has 0 unspecified atom stereocenters. The van der Waals surface area contributed by atoms with Crippen LogP contribution in [0.2, 0.25) is 0 Å². The molecule has 2 nitrogen and oxygen atoms in total. The van der Waals surface area contributed by atoms with E-state index in [4.69, 9.17) is 4.74 Å². The van der Waals surface area contributed by atoms with Crippen molar-refractivity contribution in [2.45, 2.75) is 6.42 Å². The molecule has 1 aliphatic carbocycles. The van der Waals surface area contributed by atoms with E-state index in [1.54, 1.807) is 0 Å². The lowest BCUT2D eigenvalue weighted by atomic mass is 10.00. The Morgan fingerprint density at radius 2 is 1.94 bits per heavy atom. The average molecular weight is 223 g/mol. The van der Waals surface area contributed by atoms with Crippen molar-refractivity contribution in [2.75, 3.05) is 6.61 Å². The number of allylic oxidation sites excluding steroid dienone is 1. The third kappa shape index (κ3) is 1.72. The monoisotopic (exact) mass is 223 g/mol. The van der Waals surface area contributed by atoms with E-state index in [-0.39, 0.29) is 0 Å². The molecule has 0 saturated heterocycles. The van der Waals surface area contributed by atoms with E-state index in [1.165, 1.54) is 28.4 Å². The quantitative estimate of drug-likeness (QED) is 0.799. The molecule has 1 radical (unpaired) electrons. The fourth-order valence-electron chi connectivity index (χ4n) is 2.34. The zero-order valence-corrected chi connectivity index (χ0v) is 9.27. The molecule has 3 rings (SSSR count). The third-order valence-corrected chi connectivity index (χ3v) is 3.17. The van der Waals surface area contributed by atoms with Crippen molar-refractivity contribution >= 4 is 22.8 Å². The Morgan fingerprint density at radius 3 is 2.71 bits per heavy atom. The molecule has 0 spiro atoms. The molecule has 0 heterocycles. The van der Waals surface area contributed by atoms with E-state index in [1.807, 2.05) is 12.1 Å². The lowest BCUT2D eigenvalue weighted by Gasteiger charge is -2.06. The molecule has 0 bridgehead atoms. The third-order valence-electron chi connectivity index (χ3n) is 3.17. The Bertz CT molecular complexity index is 611. The molecule has 0 amide bonds. The van der Waals surface area contributed by atoms with Gasteiger partial charge in [0.05, 0.1) is 0 Å². The van der Waals surface area contributed by atoms with Crippen LogP contribution in [-0.4, -0.2) is 13.1 Å². The Hall–Kier alpha value is -2.09.